The Kier molecular flexibility index (Phi) is 6.15. The molecule has 0 spiro atoms. The number of nitrogens with one attached hydrogen (secondary N) is 1. The zero-order valence-corrected chi connectivity index (χ0v) is 15.8. The molecule has 3 rings (SSSR count). The van der Waals surface area contributed by atoms with E-state index in [1.807, 2.05) is 0 Å². The third-order valence-corrected chi connectivity index (χ3v) is 6.14. The molecule has 0 radical (unpaired) electrons. The van der Waals surface area contributed by atoms with Crippen LogP contribution in [0, 0.1) is 0 Å². The van der Waals surface area contributed by atoms with Crippen molar-refractivity contribution in [2.24, 2.45) is 0 Å². The lowest BCUT2D eigenvalue weighted by Gasteiger charge is -2.26. The van der Waals surface area contributed by atoms with E-state index in [9.17, 15) is 13.2 Å². The van der Waals surface area contributed by atoms with E-state index >= 15 is 0 Å². The lowest BCUT2D eigenvalue weighted by Crippen LogP contribution is -2.40. The van der Waals surface area contributed by atoms with Gasteiger partial charge in [0.05, 0.1) is 39.6 Å². The van der Waals surface area contributed by atoms with E-state index in [1.165, 1.54) is 23.7 Å². The van der Waals surface area contributed by atoms with E-state index in [-0.39, 0.29) is 29.5 Å². The van der Waals surface area contributed by atoms with Gasteiger partial charge in [0, 0.05) is 13.1 Å². The molecule has 0 aliphatic carbocycles. The first-order chi connectivity index (χ1) is 13.0. The molecule has 8 nitrogen and oxygen atoms in total. The molecule has 0 bridgehead atoms. The van der Waals surface area contributed by atoms with Gasteiger partial charge < -0.3 is 19.2 Å². The molecular formula is C18H22N2O6S. The quantitative estimate of drug-likeness (QED) is 0.757. The van der Waals surface area contributed by atoms with Crippen LogP contribution in [0.4, 0.5) is 0 Å². The normalized spacial score (nSPS) is 15.4. The summed E-state index contributed by atoms with van der Waals surface area (Å²) in [7, 11) is -2.31. The molecule has 2 aromatic rings. The Morgan fingerprint density at radius 2 is 2.04 bits per heavy atom. The Hall–Kier alpha value is -2.36. The number of amides is 1. The van der Waals surface area contributed by atoms with E-state index < -0.39 is 10.0 Å². The summed E-state index contributed by atoms with van der Waals surface area (Å²) >= 11 is 0. The van der Waals surface area contributed by atoms with Crippen LogP contribution >= 0.6 is 0 Å². The number of morpholine rings is 1. The van der Waals surface area contributed by atoms with Crippen LogP contribution in [0.2, 0.25) is 0 Å². The molecule has 1 amide bonds. The predicted octanol–water partition coefficient (Wildman–Crippen LogP) is 1.17. The van der Waals surface area contributed by atoms with Crippen LogP contribution in [0.5, 0.6) is 5.75 Å². The van der Waals surface area contributed by atoms with E-state index in [1.54, 1.807) is 24.3 Å². The molecule has 0 unspecified atom stereocenters. The van der Waals surface area contributed by atoms with Crippen molar-refractivity contribution in [1.29, 1.82) is 0 Å². The molecule has 1 saturated heterocycles. The summed E-state index contributed by atoms with van der Waals surface area (Å²) in [6.45, 7) is 1.58. The molecule has 146 valence electrons. The van der Waals surface area contributed by atoms with Gasteiger partial charge in [-0.25, -0.2) is 8.42 Å². The zero-order valence-electron chi connectivity index (χ0n) is 15.0. The fraction of sp³-hybridized carbons (Fsp3) is 0.389. The minimum atomic E-state index is -3.73. The highest BCUT2D eigenvalue weighted by Crippen LogP contribution is 2.28. The number of carbonyl (C=O) groups is 1. The van der Waals surface area contributed by atoms with E-state index in [0.717, 1.165) is 0 Å². The first-order valence-electron chi connectivity index (χ1n) is 8.54. The summed E-state index contributed by atoms with van der Waals surface area (Å²) in [5.74, 6) is 0.668. The summed E-state index contributed by atoms with van der Waals surface area (Å²) < 4.78 is 42.9. The van der Waals surface area contributed by atoms with Gasteiger partial charge in [-0.1, -0.05) is 6.07 Å². The van der Waals surface area contributed by atoms with Crippen LogP contribution in [0.1, 0.15) is 11.3 Å². The monoisotopic (exact) mass is 394 g/mol. The van der Waals surface area contributed by atoms with Crippen molar-refractivity contribution in [2.45, 2.75) is 17.9 Å². The topological polar surface area (TPSA) is 98.1 Å². The molecule has 1 aromatic carbocycles. The summed E-state index contributed by atoms with van der Waals surface area (Å²) in [6.07, 6.45) is 1.59. The number of nitrogens with zero attached hydrogens (tertiary/aromatic N) is 1. The molecule has 9 heteroatoms. The van der Waals surface area contributed by atoms with Gasteiger partial charge in [-0.05, 0) is 29.8 Å². The van der Waals surface area contributed by atoms with Gasteiger partial charge in [0.1, 0.15) is 16.4 Å². The molecule has 1 aromatic heterocycles. The molecular weight excluding hydrogens is 372 g/mol. The highest BCUT2D eigenvalue weighted by molar-refractivity contribution is 7.89. The maximum absolute atomic E-state index is 13.0. The minimum Gasteiger partial charge on any atom is -0.495 e. The van der Waals surface area contributed by atoms with E-state index in [2.05, 4.69) is 5.32 Å². The third kappa shape index (κ3) is 4.68. The first-order valence-corrected chi connectivity index (χ1v) is 9.98. The van der Waals surface area contributed by atoms with Crippen molar-refractivity contribution in [2.75, 3.05) is 33.4 Å². The molecule has 1 aliphatic heterocycles. The van der Waals surface area contributed by atoms with Crippen LogP contribution in [-0.2, 0) is 32.5 Å². The number of rotatable bonds is 7. The number of methoxy groups -OCH3 is 1. The van der Waals surface area contributed by atoms with Gasteiger partial charge in [-0.15, -0.1) is 0 Å². The molecule has 1 aliphatic rings. The Morgan fingerprint density at radius 3 is 2.70 bits per heavy atom. The fourth-order valence-electron chi connectivity index (χ4n) is 2.81. The Morgan fingerprint density at radius 1 is 1.26 bits per heavy atom. The van der Waals surface area contributed by atoms with Crippen molar-refractivity contribution < 1.29 is 27.1 Å². The number of carbonyl (C=O) groups excluding carboxylic acids is 1. The van der Waals surface area contributed by atoms with Crippen molar-refractivity contribution in [3.8, 4) is 5.75 Å². The Labute approximate surface area is 158 Å². The summed E-state index contributed by atoms with van der Waals surface area (Å²) in [6, 6.07) is 8.26. The molecule has 0 saturated carbocycles. The SMILES string of the molecule is COc1ccc(CC(=O)NCc2ccco2)cc1S(=O)(=O)N1CCOCC1. The smallest absolute Gasteiger partial charge is 0.246 e. The number of hydrogen-bond acceptors (Lipinski definition) is 6. The molecule has 1 fully saturated rings. The van der Waals surface area contributed by atoms with Crippen LogP contribution in [0.25, 0.3) is 0 Å². The summed E-state index contributed by atoms with van der Waals surface area (Å²) in [5.41, 5.74) is 0.583. The van der Waals surface area contributed by atoms with Gasteiger partial charge in [-0.2, -0.15) is 4.31 Å². The number of hydrogen-bond donors (Lipinski definition) is 1. The summed E-state index contributed by atoms with van der Waals surface area (Å²) in [5, 5.41) is 2.74. The number of benzene rings is 1. The maximum atomic E-state index is 13.0. The largest absolute Gasteiger partial charge is 0.495 e. The molecule has 27 heavy (non-hydrogen) atoms. The average Bonchev–Trinajstić information content (AvgIpc) is 3.21. The van der Waals surface area contributed by atoms with Crippen molar-refractivity contribution in [3.05, 3.63) is 47.9 Å². The highest BCUT2D eigenvalue weighted by atomic mass is 32.2. The summed E-state index contributed by atoms with van der Waals surface area (Å²) in [4.78, 5) is 12.2. The lowest BCUT2D eigenvalue weighted by atomic mass is 10.1. The van der Waals surface area contributed by atoms with E-state index in [4.69, 9.17) is 13.9 Å². The number of sulfonamides is 1. The number of furan rings is 1. The van der Waals surface area contributed by atoms with Crippen LogP contribution < -0.4 is 10.1 Å². The maximum Gasteiger partial charge on any atom is 0.246 e. The van der Waals surface area contributed by atoms with Crippen molar-refractivity contribution in [1.82, 2.24) is 9.62 Å². The molecule has 1 N–H and O–H groups in total. The zero-order chi connectivity index (χ0) is 19.3. The van der Waals surface area contributed by atoms with Crippen LogP contribution in [0.3, 0.4) is 0 Å². The molecule has 2 heterocycles. The van der Waals surface area contributed by atoms with Gasteiger partial charge in [0.25, 0.3) is 0 Å². The molecule has 0 atom stereocenters. The Balaban J connectivity index is 1.75. The van der Waals surface area contributed by atoms with Crippen LogP contribution in [0.15, 0.2) is 45.9 Å². The van der Waals surface area contributed by atoms with Gasteiger partial charge in [0.15, 0.2) is 0 Å². The van der Waals surface area contributed by atoms with Gasteiger partial charge >= 0.3 is 0 Å². The number of ether oxygens (including phenoxy) is 2. The van der Waals surface area contributed by atoms with Gasteiger partial charge in [0.2, 0.25) is 15.9 Å². The van der Waals surface area contributed by atoms with Crippen molar-refractivity contribution in [3.63, 3.8) is 0 Å². The second-order valence-corrected chi connectivity index (χ2v) is 7.94. The van der Waals surface area contributed by atoms with E-state index in [0.29, 0.717) is 37.6 Å². The van der Waals surface area contributed by atoms with Crippen molar-refractivity contribution >= 4 is 15.9 Å². The Bertz CT molecular complexity index is 873. The third-order valence-electron chi connectivity index (χ3n) is 4.22. The predicted molar refractivity (Wildman–Crippen MR) is 96.8 cm³/mol. The average molecular weight is 394 g/mol. The van der Waals surface area contributed by atoms with Gasteiger partial charge in [-0.3, -0.25) is 4.79 Å². The standard InChI is InChI=1S/C18H22N2O6S/c1-24-16-5-4-14(12-18(21)19-13-15-3-2-8-26-15)11-17(16)27(22,23)20-6-9-25-10-7-20/h2-5,8,11H,6-7,9-10,12-13H2,1H3,(H,19,21). The highest BCUT2D eigenvalue weighted by Gasteiger charge is 2.29. The van der Waals surface area contributed by atoms with Crippen LogP contribution in [-0.4, -0.2) is 52.0 Å². The fourth-order valence-corrected chi connectivity index (χ4v) is 4.42. The second kappa shape index (κ2) is 8.55. The lowest BCUT2D eigenvalue weighted by molar-refractivity contribution is -0.120. The second-order valence-electron chi connectivity index (χ2n) is 6.03. The first kappa shape index (κ1) is 19.4. The minimum absolute atomic E-state index is 0.0519.